The molecule has 31 heavy (non-hydrogen) atoms. The van der Waals surface area contributed by atoms with Crippen LogP contribution in [0.25, 0.3) is 0 Å². The molecule has 1 aliphatic carbocycles. The van der Waals surface area contributed by atoms with Gasteiger partial charge in [-0.1, -0.05) is 30.3 Å². The molecular weight excluding hydrogens is 416 g/mol. The maximum Gasteiger partial charge on any atom is 0.244 e. The maximum absolute atomic E-state index is 13.6. The van der Waals surface area contributed by atoms with Gasteiger partial charge in [-0.15, -0.1) is 0 Å². The van der Waals surface area contributed by atoms with Gasteiger partial charge < -0.3 is 14.8 Å². The average molecular weight is 443 g/mol. The number of piperidine rings is 1. The van der Waals surface area contributed by atoms with Crippen LogP contribution in [0.3, 0.4) is 0 Å². The van der Waals surface area contributed by atoms with Crippen molar-refractivity contribution in [1.82, 2.24) is 9.62 Å². The first kappa shape index (κ1) is 20.3. The van der Waals surface area contributed by atoms with Crippen molar-refractivity contribution in [2.75, 3.05) is 13.2 Å². The van der Waals surface area contributed by atoms with E-state index in [0.29, 0.717) is 24.7 Å². The molecule has 2 aromatic carbocycles. The lowest BCUT2D eigenvalue weighted by atomic mass is 9.98. The van der Waals surface area contributed by atoms with E-state index in [4.69, 9.17) is 9.47 Å². The molecule has 2 bridgehead atoms. The van der Waals surface area contributed by atoms with Crippen LogP contribution in [-0.4, -0.2) is 43.9 Å². The Labute approximate surface area is 182 Å². The second-order valence-corrected chi connectivity index (χ2v) is 10.3. The predicted molar refractivity (Wildman–Crippen MR) is 114 cm³/mol. The number of benzene rings is 2. The highest BCUT2D eigenvalue weighted by Crippen LogP contribution is 2.46. The third-order valence-corrected chi connectivity index (χ3v) is 8.47. The average Bonchev–Trinajstić information content (AvgIpc) is 3.41. The summed E-state index contributed by atoms with van der Waals surface area (Å²) in [5, 5.41) is 3.04. The van der Waals surface area contributed by atoms with Crippen LogP contribution < -0.4 is 14.8 Å². The van der Waals surface area contributed by atoms with Gasteiger partial charge in [0.15, 0.2) is 11.5 Å². The number of fused-ring (bicyclic) bond motifs is 3. The molecule has 2 heterocycles. The van der Waals surface area contributed by atoms with E-state index in [1.54, 1.807) is 6.07 Å². The molecule has 1 amide bonds. The number of amides is 1. The first-order chi connectivity index (χ1) is 14.9. The second-order valence-electron chi connectivity index (χ2n) is 8.45. The topological polar surface area (TPSA) is 84.9 Å². The highest BCUT2D eigenvalue weighted by Gasteiger charge is 2.54. The van der Waals surface area contributed by atoms with Gasteiger partial charge in [0.2, 0.25) is 15.9 Å². The summed E-state index contributed by atoms with van der Waals surface area (Å²) in [6.45, 7) is 2.74. The van der Waals surface area contributed by atoms with E-state index in [1.165, 1.54) is 16.4 Å². The summed E-state index contributed by atoms with van der Waals surface area (Å²) in [4.78, 5) is 13.4. The Morgan fingerprint density at radius 1 is 1.06 bits per heavy atom. The van der Waals surface area contributed by atoms with Gasteiger partial charge in [0, 0.05) is 12.1 Å². The molecule has 0 radical (unpaired) electrons. The summed E-state index contributed by atoms with van der Waals surface area (Å²) in [6.07, 6.45) is 2.38. The standard InChI is InChI=1S/C23H26N2O5S/c1-15(16-5-3-2-4-6-16)24-23(26)22-17-7-8-18(13-17)25(22)31(27,28)19-9-10-20-21(14-19)30-12-11-29-20/h2-6,9-10,14-15,17-18,22H,7-8,11-13H2,1H3,(H,24,26)/t15-,17-,18-,22-/m0/s1. The minimum Gasteiger partial charge on any atom is -0.486 e. The third kappa shape index (κ3) is 3.57. The quantitative estimate of drug-likeness (QED) is 0.770. The molecule has 164 valence electrons. The largest absolute Gasteiger partial charge is 0.486 e. The van der Waals surface area contributed by atoms with Gasteiger partial charge in [-0.2, -0.15) is 4.31 Å². The summed E-state index contributed by atoms with van der Waals surface area (Å²) < 4.78 is 39.8. The van der Waals surface area contributed by atoms with E-state index in [1.807, 2.05) is 37.3 Å². The first-order valence-electron chi connectivity index (χ1n) is 10.7. The van der Waals surface area contributed by atoms with Crippen molar-refractivity contribution in [3.63, 3.8) is 0 Å². The molecule has 3 aliphatic rings. The normalized spacial score (nSPS) is 25.9. The molecular formula is C23H26N2O5S. The first-order valence-corrected chi connectivity index (χ1v) is 12.2. The summed E-state index contributed by atoms with van der Waals surface area (Å²) in [7, 11) is -3.86. The molecule has 7 nitrogen and oxygen atoms in total. The number of rotatable bonds is 5. The summed E-state index contributed by atoms with van der Waals surface area (Å²) >= 11 is 0. The lowest BCUT2D eigenvalue weighted by Gasteiger charge is -2.34. The summed E-state index contributed by atoms with van der Waals surface area (Å²) in [5.41, 5.74) is 0.986. The molecule has 4 atom stereocenters. The lowest BCUT2D eigenvalue weighted by Crippen LogP contribution is -2.52. The van der Waals surface area contributed by atoms with E-state index in [9.17, 15) is 13.2 Å². The van der Waals surface area contributed by atoms with Crippen molar-refractivity contribution >= 4 is 15.9 Å². The lowest BCUT2D eigenvalue weighted by molar-refractivity contribution is -0.126. The van der Waals surface area contributed by atoms with E-state index < -0.39 is 16.1 Å². The van der Waals surface area contributed by atoms with Crippen LogP contribution in [-0.2, 0) is 14.8 Å². The van der Waals surface area contributed by atoms with Gasteiger partial charge in [0.05, 0.1) is 10.9 Å². The van der Waals surface area contributed by atoms with Crippen LogP contribution in [0, 0.1) is 5.92 Å². The molecule has 0 aromatic heterocycles. The van der Waals surface area contributed by atoms with Crippen molar-refractivity contribution in [2.24, 2.45) is 5.92 Å². The summed E-state index contributed by atoms with van der Waals surface area (Å²) in [6, 6.07) is 13.3. The van der Waals surface area contributed by atoms with Crippen molar-refractivity contribution in [3.05, 3.63) is 54.1 Å². The van der Waals surface area contributed by atoms with Gasteiger partial charge in [-0.3, -0.25) is 4.79 Å². The minimum absolute atomic E-state index is 0.0416. The van der Waals surface area contributed by atoms with Crippen LogP contribution in [0.2, 0.25) is 0 Å². The molecule has 2 fully saturated rings. The molecule has 1 saturated carbocycles. The zero-order chi connectivity index (χ0) is 21.6. The highest BCUT2D eigenvalue weighted by atomic mass is 32.2. The number of nitrogens with zero attached hydrogens (tertiary/aromatic N) is 1. The molecule has 0 spiro atoms. The van der Waals surface area contributed by atoms with Gasteiger partial charge >= 0.3 is 0 Å². The molecule has 8 heteroatoms. The number of ether oxygens (including phenoxy) is 2. The number of hydrogen-bond acceptors (Lipinski definition) is 5. The smallest absolute Gasteiger partial charge is 0.244 e. The van der Waals surface area contributed by atoms with Crippen LogP contribution in [0.4, 0.5) is 0 Å². The van der Waals surface area contributed by atoms with E-state index >= 15 is 0 Å². The van der Waals surface area contributed by atoms with E-state index in [0.717, 1.165) is 24.8 Å². The monoisotopic (exact) mass is 442 g/mol. The number of carbonyl (C=O) groups is 1. The zero-order valence-electron chi connectivity index (χ0n) is 17.4. The van der Waals surface area contributed by atoms with Crippen LogP contribution >= 0.6 is 0 Å². The van der Waals surface area contributed by atoms with Crippen molar-refractivity contribution < 1.29 is 22.7 Å². The van der Waals surface area contributed by atoms with Crippen LogP contribution in [0.1, 0.15) is 37.8 Å². The van der Waals surface area contributed by atoms with Gasteiger partial charge in [0.25, 0.3) is 0 Å². The Morgan fingerprint density at radius 2 is 1.81 bits per heavy atom. The molecule has 1 saturated heterocycles. The maximum atomic E-state index is 13.6. The van der Waals surface area contributed by atoms with Gasteiger partial charge in [-0.25, -0.2) is 8.42 Å². The van der Waals surface area contributed by atoms with Gasteiger partial charge in [0.1, 0.15) is 19.3 Å². The molecule has 2 aromatic rings. The van der Waals surface area contributed by atoms with Crippen molar-refractivity contribution in [1.29, 1.82) is 0 Å². The Morgan fingerprint density at radius 3 is 2.58 bits per heavy atom. The molecule has 0 unspecified atom stereocenters. The number of carbonyl (C=O) groups excluding carboxylic acids is 1. The summed E-state index contributed by atoms with van der Waals surface area (Å²) in [5.74, 6) is 0.777. The Balaban J connectivity index is 1.42. The highest BCUT2D eigenvalue weighted by molar-refractivity contribution is 7.89. The zero-order valence-corrected chi connectivity index (χ0v) is 18.2. The van der Waals surface area contributed by atoms with Crippen molar-refractivity contribution in [3.8, 4) is 11.5 Å². The Bertz CT molecular complexity index is 1090. The van der Waals surface area contributed by atoms with Crippen LogP contribution in [0.5, 0.6) is 11.5 Å². The minimum atomic E-state index is -3.86. The number of nitrogens with one attached hydrogen (secondary N) is 1. The van der Waals surface area contributed by atoms with E-state index in [-0.39, 0.29) is 28.8 Å². The predicted octanol–water partition coefficient (Wildman–Crippen LogP) is 2.88. The molecule has 5 rings (SSSR count). The second kappa shape index (κ2) is 7.84. The van der Waals surface area contributed by atoms with E-state index in [2.05, 4.69) is 5.32 Å². The Hall–Kier alpha value is -2.58. The fraction of sp³-hybridized carbons (Fsp3) is 0.435. The third-order valence-electron chi connectivity index (χ3n) is 6.54. The molecule has 1 N–H and O–H groups in total. The van der Waals surface area contributed by atoms with Crippen molar-refractivity contribution in [2.45, 2.75) is 49.2 Å². The SMILES string of the molecule is C[C@H](NC(=O)[C@@H]1[C@H]2CC[C@@H](C2)N1S(=O)(=O)c1ccc2c(c1)OCCO2)c1ccccc1. The fourth-order valence-electron chi connectivity index (χ4n) is 5.05. The number of hydrogen-bond donors (Lipinski definition) is 1. The fourth-order valence-corrected chi connectivity index (χ4v) is 6.94. The van der Waals surface area contributed by atoms with Crippen LogP contribution in [0.15, 0.2) is 53.4 Å². The number of sulfonamides is 1. The van der Waals surface area contributed by atoms with Gasteiger partial charge in [-0.05, 0) is 49.8 Å². The Kier molecular flexibility index (Phi) is 5.14. The molecule has 2 aliphatic heterocycles.